The van der Waals surface area contributed by atoms with Gasteiger partial charge in [0.15, 0.2) is 0 Å². The van der Waals surface area contributed by atoms with E-state index in [0.717, 1.165) is 19.3 Å². The van der Waals surface area contributed by atoms with Crippen LogP contribution < -0.4 is 10.1 Å². The van der Waals surface area contributed by atoms with E-state index in [0.29, 0.717) is 18.2 Å². The van der Waals surface area contributed by atoms with Gasteiger partial charge >= 0.3 is 5.97 Å². The molecule has 2 rings (SSSR count). The van der Waals surface area contributed by atoms with Crippen LogP contribution in [-0.2, 0) is 4.79 Å². The molecule has 1 heterocycles. The van der Waals surface area contributed by atoms with Crippen LogP contribution in [0.1, 0.15) is 25.7 Å². The summed E-state index contributed by atoms with van der Waals surface area (Å²) in [6, 6.07) is 1.70. The minimum atomic E-state index is -0.739. The summed E-state index contributed by atoms with van der Waals surface area (Å²) in [6.45, 7) is 0.624. The summed E-state index contributed by atoms with van der Waals surface area (Å²) in [6.07, 6.45) is 4.64. The molecule has 0 atom stereocenters. The highest BCUT2D eigenvalue weighted by molar-refractivity contribution is 5.68. The van der Waals surface area contributed by atoms with Gasteiger partial charge in [-0.25, -0.2) is 9.97 Å². The van der Waals surface area contributed by atoms with Gasteiger partial charge in [0, 0.05) is 12.6 Å². The van der Waals surface area contributed by atoms with E-state index in [9.17, 15) is 4.79 Å². The van der Waals surface area contributed by atoms with Gasteiger partial charge in [0.25, 0.3) is 0 Å². The van der Waals surface area contributed by atoms with Crippen molar-refractivity contribution in [2.75, 3.05) is 19.0 Å². The molecule has 18 heavy (non-hydrogen) atoms. The third-order valence-corrected chi connectivity index (χ3v) is 3.44. The van der Waals surface area contributed by atoms with Crippen LogP contribution in [0.5, 0.6) is 5.88 Å². The van der Waals surface area contributed by atoms with E-state index < -0.39 is 5.97 Å². The summed E-state index contributed by atoms with van der Waals surface area (Å²) in [7, 11) is 1.55. The maximum Gasteiger partial charge on any atom is 0.303 e. The summed E-state index contributed by atoms with van der Waals surface area (Å²) in [5.41, 5.74) is -0.121. The van der Waals surface area contributed by atoms with Crippen molar-refractivity contribution in [2.24, 2.45) is 5.41 Å². The summed E-state index contributed by atoms with van der Waals surface area (Å²) in [5, 5.41) is 12.1. The molecule has 0 spiro atoms. The first-order valence-corrected chi connectivity index (χ1v) is 5.95. The maximum absolute atomic E-state index is 10.8. The van der Waals surface area contributed by atoms with Gasteiger partial charge in [-0.3, -0.25) is 4.79 Å². The van der Waals surface area contributed by atoms with Crippen LogP contribution in [0.25, 0.3) is 0 Å². The van der Waals surface area contributed by atoms with Crippen LogP contribution in [0.4, 0.5) is 5.82 Å². The Labute approximate surface area is 105 Å². The van der Waals surface area contributed by atoms with E-state index in [1.54, 1.807) is 13.2 Å². The molecule has 1 aromatic heterocycles. The average molecular weight is 251 g/mol. The summed E-state index contributed by atoms with van der Waals surface area (Å²) >= 11 is 0. The highest BCUT2D eigenvalue weighted by Gasteiger charge is 2.38. The molecular formula is C12H17N3O3. The lowest BCUT2D eigenvalue weighted by Gasteiger charge is -2.41. The fourth-order valence-electron chi connectivity index (χ4n) is 2.24. The predicted octanol–water partition coefficient (Wildman–Crippen LogP) is 1.54. The van der Waals surface area contributed by atoms with Gasteiger partial charge in [0.2, 0.25) is 5.88 Å². The fourth-order valence-corrected chi connectivity index (χ4v) is 2.24. The van der Waals surface area contributed by atoms with E-state index in [4.69, 9.17) is 9.84 Å². The van der Waals surface area contributed by atoms with Crippen molar-refractivity contribution in [2.45, 2.75) is 25.7 Å². The van der Waals surface area contributed by atoms with Crippen molar-refractivity contribution >= 4 is 11.8 Å². The predicted molar refractivity (Wildman–Crippen MR) is 65.6 cm³/mol. The van der Waals surface area contributed by atoms with Crippen molar-refractivity contribution in [1.82, 2.24) is 9.97 Å². The molecule has 6 heteroatoms. The number of carboxylic acids is 1. The first-order valence-electron chi connectivity index (χ1n) is 5.95. The van der Waals surface area contributed by atoms with E-state index in [1.807, 2.05) is 0 Å². The highest BCUT2D eigenvalue weighted by atomic mass is 16.5. The van der Waals surface area contributed by atoms with Gasteiger partial charge in [-0.2, -0.15) is 0 Å². The largest absolute Gasteiger partial charge is 0.481 e. The second-order valence-electron chi connectivity index (χ2n) is 4.72. The molecule has 0 bridgehead atoms. The van der Waals surface area contributed by atoms with Crippen LogP contribution >= 0.6 is 0 Å². The topological polar surface area (TPSA) is 84.3 Å². The van der Waals surface area contributed by atoms with E-state index in [-0.39, 0.29) is 11.8 Å². The number of nitrogens with zero attached hydrogens (tertiary/aromatic N) is 2. The minimum Gasteiger partial charge on any atom is -0.481 e. The lowest BCUT2D eigenvalue weighted by Crippen LogP contribution is -2.38. The molecule has 1 aliphatic carbocycles. The van der Waals surface area contributed by atoms with Crippen LogP contribution in [0.2, 0.25) is 0 Å². The Bertz CT molecular complexity index is 432. The number of aromatic nitrogens is 2. The summed E-state index contributed by atoms with van der Waals surface area (Å²) in [4.78, 5) is 18.8. The summed E-state index contributed by atoms with van der Waals surface area (Å²) < 4.78 is 5.01. The van der Waals surface area contributed by atoms with Crippen molar-refractivity contribution in [3.63, 3.8) is 0 Å². The lowest BCUT2D eigenvalue weighted by atomic mass is 9.66. The number of rotatable bonds is 6. The Balaban J connectivity index is 1.95. The molecule has 1 aromatic rings. The minimum absolute atomic E-state index is 0.121. The Morgan fingerprint density at radius 3 is 2.89 bits per heavy atom. The SMILES string of the molecule is COc1cc(NCC2(CC(=O)O)CCC2)ncn1. The van der Waals surface area contributed by atoms with Crippen LogP contribution in [0.3, 0.4) is 0 Å². The molecule has 0 saturated heterocycles. The van der Waals surface area contributed by atoms with Crippen LogP contribution in [0, 0.1) is 5.41 Å². The third-order valence-electron chi connectivity index (χ3n) is 3.44. The van der Waals surface area contributed by atoms with Gasteiger partial charge in [0.05, 0.1) is 13.5 Å². The molecule has 2 N–H and O–H groups in total. The molecule has 0 amide bonds. The average Bonchev–Trinajstić information content (AvgIpc) is 2.32. The quantitative estimate of drug-likeness (QED) is 0.797. The van der Waals surface area contributed by atoms with Gasteiger partial charge < -0.3 is 15.2 Å². The van der Waals surface area contributed by atoms with Crippen molar-refractivity contribution in [3.05, 3.63) is 12.4 Å². The van der Waals surface area contributed by atoms with Crippen molar-refractivity contribution in [1.29, 1.82) is 0 Å². The number of nitrogens with one attached hydrogen (secondary N) is 1. The maximum atomic E-state index is 10.8. The zero-order chi connectivity index (χ0) is 13.0. The number of hydrogen-bond acceptors (Lipinski definition) is 5. The number of aliphatic carboxylic acids is 1. The number of anilines is 1. The summed E-state index contributed by atoms with van der Waals surface area (Å²) in [5.74, 6) is 0.420. The third kappa shape index (κ3) is 2.88. The molecule has 0 radical (unpaired) electrons. The molecule has 1 aliphatic rings. The van der Waals surface area contributed by atoms with E-state index in [2.05, 4.69) is 15.3 Å². The molecule has 6 nitrogen and oxygen atoms in total. The Morgan fingerprint density at radius 2 is 2.33 bits per heavy atom. The van der Waals surface area contributed by atoms with Gasteiger partial charge in [-0.15, -0.1) is 0 Å². The molecule has 1 fully saturated rings. The lowest BCUT2D eigenvalue weighted by molar-refractivity contribution is -0.141. The molecule has 1 saturated carbocycles. The molecule has 0 unspecified atom stereocenters. The second kappa shape index (κ2) is 5.20. The number of carboxylic acid groups (broad SMARTS) is 1. The van der Waals surface area contributed by atoms with Crippen molar-refractivity contribution in [3.8, 4) is 5.88 Å². The Kier molecular flexibility index (Phi) is 3.64. The molecule has 98 valence electrons. The molecular weight excluding hydrogens is 234 g/mol. The molecule has 0 aromatic carbocycles. The van der Waals surface area contributed by atoms with Crippen LogP contribution in [0.15, 0.2) is 12.4 Å². The number of hydrogen-bond donors (Lipinski definition) is 2. The number of carbonyl (C=O) groups is 1. The second-order valence-corrected chi connectivity index (χ2v) is 4.72. The highest BCUT2D eigenvalue weighted by Crippen LogP contribution is 2.43. The van der Waals surface area contributed by atoms with Crippen molar-refractivity contribution < 1.29 is 14.6 Å². The van der Waals surface area contributed by atoms with Gasteiger partial charge in [0.1, 0.15) is 12.1 Å². The first-order chi connectivity index (χ1) is 8.63. The zero-order valence-corrected chi connectivity index (χ0v) is 10.3. The van der Waals surface area contributed by atoms with E-state index >= 15 is 0 Å². The zero-order valence-electron chi connectivity index (χ0n) is 10.3. The first kappa shape index (κ1) is 12.6. The van der Waals surface area contributed by atoms with Gasteiger partial charge in [-0.05, 0) is 18.3 Å². The Morgan fingerprint density at radius 1 is 1.56 bits per heavy atom. The van der Waals surface area contributed by atoms with Gasteiger partial charge in [-0.1, -0.05) is 6.42 Å². The van der Waals surface area contributed by atoms with E-state index in [1.165, 1.54) is 6.33 Å². The number of methoxy groups -OCH3 is 1. The number of ether oxygens (including phenoxy) is 1. The fraction of sp³-hybridized carbons (Fsp3) is 0.583. The molecule has 0 aliphatic heterocycles. The normalized spacial score (nSPS) is 16.7. The smallest absolute Gasteiger partial charge is 0.303 e. The monoisotopic (exact) mass is 251 g/mol. The standard InChI is InChI=1S/C12H17N3O3/c1-18-10-5-9(14-8-15-10)13-7-12(3-2-4-12)6-11(16)17/h5,8H,2-4,6-7H2,1H3,(H,16,17)(H,13,14,15). The van der Waals surface area contributed by atoms with Crippen LogP contribution in [-0.4, -0.2) is 34.7 Å². The Hall–Kier alpha value is -1.85.